The van der Waals surface area contributed by atoms with E-state index in [1.807, 2.05) is 43.3 Å². The Hall–Kier alpha value is -3.80. The lowest BCUT2D eigenvalue weighted by Gasteiger charge is -2.23. The van der Waals surface area contributed by atoms with Crippen molar-refractivity contribution >= 4 is 16.7 Å². The Morgan fingerprint density at radius 2 is 1.83 bits per heavy atom. The lowest BCUT2D eigenvalue weighted by atomic mass is 9.95. The molecule has 0 aliphatic heterocycles. The smallest absolute Gasteiger partial charge is 0.160 e. The van der Waals surface area contributed by atoms with Crippen LogP contribution in [-0.4, -0.2) is 27.3 Å². The van der Waals surface area contributed by atoms with Gasteiger partial charge in [-0.1, -0.05) is 24.3 Å². The molecule has 3 N–H and O–H groups in total. The molecule has 0 radical (unpaired) electrons. The number of rotatable bonds is 5. The summed E-state index contributed by atoms with van der Waals surface area (Å²) in [5.74, 6) is 1.17. The van der Waals surface area contributed by atoms with Crippen LogP contribution in [0.5, 0.6) is 17.2 Å². The molecule has 6 nitrogen and oxygen atoms in total. The number of phenols is 2. The van der Waals surface area contributed by atoms with Gasteiger partial charge in [0.2, 0.25) is 0 Å². The maximum Gasteiger partial charge on any atom is 0.160 e. The zero-order valence-corrected chi connectivity index (χ0v) is 16.1. The summed E-state index contributed by atoms with van der Waals surface area (Å²) < 4.78 is 5.27. The molecular weight excluding hydrogens is 366 g/mol. The van der Waals surface area contributed by atoms with Crippen LogP contribution in [-0.2, 0) is 0 Å². The number of hydrogen-bond donors (Lipinski definition) is 3. The van der Waals surface area contributed by atoms with Crippen molar-refractivity contribution in [1.82, 2.24) is 9.97 Å². The summed E-state index contributed by atoms with van der Waals surface area (Å²) in [6, 6.07) is 16.0. The summed E-state index contributed by atoms with van der Waals surface area (Å²) in [6.45, 7) is 1.99. The Kier molecular flexibility index (Phi) is 4.91. The van der Waals surface area contributed by atoms with Gasteiger partial charge in [-0.05, 0) is 48.4 Å². The van der Waals surface area contributed by atoms with Crippen LogP contribution in [0, 0.1) is 6.92 Å². The molecular formula is C23H21N3O3. The van der Waals surface area contributed by atoms with Crippen molar-refractivity contribution in [3.8, 4) is 17.2 Å². The third-order valence-electron chi connectivity index (χ3n) is 4.83. The minimum Gasteiger partial charge on any atom is -0.505 e. The molecule has 2 aromatic heterocycles. The first-order valence-electron chi connectivity index (χ1n) is 9.19. The Labute approximate surface area is 168 Å². The predicted molar refractivity (Wildman–Crippen MR) is 113 cm³/mol. The van der Waals surface area contributed by atoms with Crippen LogP contribution in [0.25, 0.3) is 10.9 Å². The fourth-order valence-corrected chi connectivity index (χ4v) is 3.36. The number of nitrogens with zero attached hydrogens (tertiary/aromatic N) is 2. The first-order chi connectivity index (χ1) is 14.1. The number of fused-ring (bicyclic) bond motifs is 1. The molecule has 146 valence electrons. The van der Waals surface area contributed by atoms with E-state index in [1.165, 1.54) is 7.11 Å². The van der Waals surface area contributed by atoms with E-state index >= 15 is 0 Å². The largest absolute Gasteiger partial charge is 0.505 e. The second kappa shape index (κ2) is 7.67. The third-order valence-corrected chi connectivity index (χ3v) is 4.83. The van der Waals surface area contributed by atoms with E-state index in [2.05, 4.69) is 15.3 Å². The molecule has 0 fully saturated rings. The van der Waals surface area contributed by atoms with Gasteiger partial charge in [0.15, 0.2) is 11.5 Å². The molecule has 29 heavy (non-hydrogen) atoms. The van der Waals surface area contributed by atoms with Crippen LogP contribution in [0.3, 0.4) is 0 Å². The summed E-state index contributed by atoms with van der Waals surface area (Å²) in [5, 5.41) is 25.2. The minimum atomic E-state index is -0.440. The van der Waals surface area contributed by atoms with Crippen LogP contribution in [0.15, 0.2) is 67.0 Å². The molecule has 0 saturated heterocycles. The van der Waals surface area contributed by atoms with Crippen molar-refractivity contribution in [2.24, 2.45) is 0 Å². The number of aryl methyl sites for hydroxylation is 1. The molecule has 6 heteroatoms. The van der Waals surface area contributed by atoms with Crippen molar-refractivity contribution in [3.05, 3.63) is 83.7 Å². The number of methoxy groups -OCH3 is 1. The number of ether oxygens (including phenoxy) is 1. The monoisotopic (exact) mass is 387 g/mol. The fourth-order valence-electron chi connectivity index (χ4n) is 3.36. The molecule has 0 aliphatic carbocycles. The molecule has 4 rings (SSSR count). The number of aromatic hydroxyl groups is 2. The zero-order chi connectivity index (χ0) is 20.4. The molecule has 4 aromatic rings. The average Bonchev–Trinajstić information content (AvgIpc) is 2.73. The van der Waals surface area contributed by atoms with Crippen LogP contribution in [0.4, 0.5) is 5.82 Å². The molecule has 0 spiro atoms. The van der Waals surface area contributed by atoms with Crippen LogP contribution in [0.1, 0.15) is 22.7 Å². The summed E-state index contributed by atoms with van der Waals surface area (Å²) in [7, 11) is 1.50. The fraction of sp³-hybridized carbons (Fsp3) is 0.130. The summed E-state index contributed by atoms with van der Waals surface area (Å²) in [6.07, 6.45) is 3.38. The summed E-state index contributed by atoms with van der Waals surface area (Å²) in [5.41, 5.74) is 3.04. The second-order valence-electron chi connectivity index (χ2n) is 6.81. The molecule has 0 bridgehead atoms. The molecule has 0 unspecified atom stereocenters. The van der Waals surface area contributed by atoms with E-state index in [-0.39, 0.29) is 11.5 Å². The van der Waals surface area contributed by atoms with Crippen molar-refractivity contribution in [2.45, 2.75) is 13.0 Å². The lowest BCUT2D eigenvalue weighted by molar-refractivity contribution is 0.373. The molecule has 2 heterocycles. The van der Waals surface area contributed by atoms with Gasteiger partial charge in [-0.3, -0.25) is 4.98 Å². The maximum atomic E-state index is 11.0. The van der Waals surface area contributed by atoms with Crippen LogP contribution in [0.2, 0.25) is 0 Å². The van der Waals surface area contributed by atoms with Gasteiger partial charge in [-0.25, -0.2) is 4.98 Å². The zero-order valence-electron chi connectivity index (χ0n) is 16.1. The predicted octanol–water partition coefficient (Wildman–Crippen LogP) is 4.56. The first kappa shape index (κ1) is 18.6. The highest BCUT2D eigenvalue weighted by molar-refractivity contribution is 5.86. The molecule has 1 atom stereocenters. The Morgan fingerprint density at radius 1 is 0.966 bits per heavy atom. The Balaban J connectivity index is 1.87. The number of pyridine rings is 2. The van der Waals surface area contributed by atoms with E-state index in [1.54, 1.807) is 30.6 Å². The van der Waals surface area contributed by atoms with E-state index in [4.69, 9.17) is 4.74 Å². The highest BCUT2D eigenvalue weighted by Crippen LogP contribution is 2.38. The van der Waals surface area contributed by atoms with E-state index in [9.17, 15) is 10.2 Å². The van der Waals surface area contributed by atoms with Crippen molar-refractivity contribution < 1.29 is 14.9 Å². The lowest BCUT2D eigenvalue weighted by Crippen LogP contribution is -2.14. The number of hydrogen-bond acceptors (Lipinski definition) is 6. The molecule has 0 aliphatic rings. The van der Waals surface area contributed by atoms with Gasteiger partial charge >= 0.3 is 0 Å². The number of anilines is 1. The highest BCUT2D eigenvalue weighted by atomic mass is 16.5. The Bertz CT molecular complexity index is 1180. The normalized spacial score (nSPS) is 11.9. The average molecular weight is 387 g/mol. The molecule has 0 saturated carbocycles. The van der Waals surface area contributed by atoms with Crippen LogP contribution < -0.4 is 10.1 Å². The first-order valence-corrected chi connectivity index (χ1v) is 9.19. The topological polar surface area (TPSA) is 87.5 Å². The number of benzene rings is 2. The number of aromatic nitrogens is 2. The van der Waals surface area contributed by atoms with Crippen molar-refractivity contribution in [2.75, 3.05) is 12.4 Å². The summed E-state index contributed by atoms with van der Waals surface area (Å²) in [4.78, 5) is 8.72. The number of phenolic OH excluding ortho intramolecular Hbond substituents is 2. The van der Waals surface area contributed by atoms with Crippen molar-refractivity contribution in [1.29, 1.82) is 0 Å². The van der Waals surface area contributed by atoms with E-state index in [0.717, 1.165) is 16.5 Å². The van der Waals surface area contributed by atoms with E-state index in [0.29, 0.717) is 22.6 Å². The highest BCUT2D eigenvalue weighted by Gasteiger charge is 2.21. The van der Waals surface area contributed by atoms with Gasteiger partial charge in [-0.15, -0.1) is 0 Å². The second-order valence-corrected chi connectivity index (χ2v) is 6.81. The number of nitrogens with one attached hydrogen (secondary N) is 1. The Morgan fingerprint density at radius 3 is 2.62 bits per heavy atom. The van der Waals surface area contributed by atoms with Gasteiger partial charge < -0.3 is 20.3 Å². The van der Waals surface area contributed by atoms with Gasteiger partial charge in [0.25, 0.3) is 0 Å². The van der Waals surface area contributed by atoms with Gasteiger partial charge in [-0.2, -0.15) is 0 Å². The van der Waals surface area contributed by atoms with E-state index < -0.39 is 6.04 Å². The SMILES string of the molecule is COc1cc([C@@H](Nc2cc(C)ccn2)c2ccc3cccnc3c2O)ccc1O. The molecule has 0 amide bonds. The van der Waals surface area contributed by atoms with Crippen LogP contribution >= 0.6 is 0 Å². The van der Waals surface area contributed by atoms with Crippen molar-refractivity contribution in [3.63, 3.8) is 0 Å². The quantitative estimate of drug-likeness (QED) is 0.465. The van der Waals surface area contributed by atoms with Gasteiger partial charge in [0, 0.05) is 23.3 Å². The maximum absolute atomic E-state index is 11.0. The third kappa shape index (κ3) is 3.65. The standard InChI is InChI=1S/C23H21N3O3/c1-14-9-11-24-20(12-14)26-21(16-6-8-18(27)19(13-16)29-2)17-7-5-15-4-3-10-25-22(15)23(17)28/h3-13,21,27-28H,1-2H3,(H,24,26)/t21-/m1/s1. The minimum absolute atomic E-state index is 0.0491. The molecule has 2 aromatic carbocycles. The van der Waals surface area contributed by atoms with Gasteiger partial charge in [0.05, 0.1) is 13.2 Å². The van der Waals surface area contributed by atoms with Gasteiger partial charge in [0.1, 0.15) is 17.1 Å². The summed E-state index contributed by atoms with van der Waals surface area (Å²) >= 11 is 0.